The number of anilines is 1. The molecule has 0 bridgehead atoms. The largest absolute Gasteiger partial charge is 0.493 e. The standard InChI is InChI=1S/C27H22ClN3O5S2/c1-16-3-10-20(11-4-16)29-24(32)15-36-21-12-5-17(13-22(21)35-2)14-23-26(34)31(27(37)38-23)30-25(33)18-6-8-19(28)9-7-18/h3-14H,15H2,1-2H3,(H,29,32)(H,30,33)/b23-14+. The van der Waals surface area contributed by atoms with Crippen LogP contribution in [0.2, 0.25) is 5.02 Å². The predicted molar refractivity (Wildman–Crippen MR) is 152 cm³/mol. The molecule has 0 spiro atoms. The Balaban J connectivity index is 1.40. The maximum Gasteiger partial charge on any atom is 0.285 e. The SMILES string of the molecule is COc1cc(/C=C2/SC(=S)N(NC(=O)c3ccc(Cl)cc3)C2=O)ccc1OCC(=O)Nc1ccc(C)cc1. The number of ether oxygens (including phenoxy) is 2. The molecule has 0 saturated carbocycles. The van der Waals surface area contributed by atoms with E-state index in [-0.39, 0.29) is 16.8 Å². The van der Waals surface area contributed by atoms with E-state index in [1.54, 1.807) is 48.5 Å². The van der Waals surface area contributed by atoms with Gasteiger partial charge in [-0.1, -0.05) is 47.1 Å². The molecule has 38 heavy (non-hydrogen) atoms. The van der Waals surface area contributed by atoms with Gasteiger partial charge in [-0.15, -0.1) is 0 Å². The van der Waals surface area contributed by atoms with E-state index in [1.165, 1.54) is 7.11 Å². The lowest BCUT2D eigenvalue weighted by molar-refractivity contribution is -0.123. The molecule has 194 valence electrons. The Hall–Kier alpha value is -3.86. The summed E-state index contributed by atoms with van der Waals surface area (Å²) >= 11 is 12.2. The zero-order chi connectivity index (χ0) is 27.2. The molecule has 1 aliphatic rings. The fourth-order valence-electron chi connectivity index (χ4n) is 3.35. The van der Waals surface area contributed by atoms with Crippen molar-refractivity contribution in [3.63, 3.8) is 0 Å². The van der Waals surface area contributed by atoms with E-state index in [1.807, 2.05) is 31.2 Å². The highest BCUT2D eigenvalue weighted by Crippen LogP contribution is 2.34. The van der Waals surface area contributed by atoms with Crippen LogP contribution in [0.5, 0.6) is 11.5 Å². The normalized spacial score (nSPS) is 14.0. The van der Waals surface area contributed by atoms with Crippen molar-refractivity contribution in [2.24, 2.45) is 0 Å². The molecule has 1 saturated heterocycles. The zero-order valence-corrected chi connectivity index (χ0v) is 22.7. The van der Waals surface area contributed by atoms with Gasteiger partial charge in [-0.3, -0.25) is 19.8 Å². The highest BCUT2D eigenvalue weighted by atomic mass is 35.5. The number of nitrogens with one attached hydrogen (secondary N) is 2. The summed E-state index contributed by atoms with van der Waals surface area (Å²) in [4.78, 5) is 38.0. The van der Waals surface area contributed by atoms with Gasteiger partial charge in [0.15, 0.2) is 22.4 Å². The molecule has 0 aliphatic carbocycles. The quantitative estimate of drug-likeness (QED) is 0.284. The molecular formula is C27H22ClN3O5S2. The third-order valence-electron chi connectivity index (χ3n) is 5.29. The number of carbonyl (C=O) groups excluding carboxylic acids is 3. The third kappa shape index (κ3) is 6.71. The average molecular weight is 568 g/mol. The molecule has 8 nitrogen and oxygen atoms in total. The summed E-state index contributed by atoms with van der Waals surface area (Å²) in [6.07, 6.45) is 1.63. The van der Waals surface area contributed by atoms with Crippen LogP contribution in [0.25, 0.3) is 6.08 Å². The van der Waals surface area contributed by atoms with Gasteiger partial charge in [0.1, 0.15) is 0 Å². The molecule has 3 aromatic carbocycles. The second kappa shape index (κ2) is 12.1. The van der Waals surface area contributed by atoms with Crippen molar-refractivity contribution in [1.29, 1.82) is 0 Å². The Bertz CT molecular complexity index is 1430. The zero-order valence-electron chi connectivity index (χ0n) is 20.3. The van der Waals surface area contributed by atoms with Crippen LogP contribution >= 0.6 is 35.6 Å². The molecule has 1 heterocycles. The molecule has 1 fully saturated rings. The number of nitrogens with zero attached hydrogens (tertiary/aromatic N) is 1. The number of thioether (sulfide) groups is 1. The first-order valence-corrected chi connectivity index (χ1v) is 12.9. The number of methoxy groups -OCH3 is 1. The van der Waals surface area contributed by atoms with Crippen LogP contribution in [0, 0.1) is 6.92 Å². The minimum atomic E-state index is -0.492. The van der Waals surface area contributed by atoms with E-state index in [0.29, 0.717) is 38.2 Å². The van der Waals surface area contributed by atoms with Gasteiger partial charge >= 0.3 is 0 Å². The number of aryl methyl sites for hydroxylation is 1. The molecule has 1 aliphatic heterocycles. The van der Waals surface area contributed by atoms with E-state index >= 15 is 0 Å². The van der Waals surface area contributed by atoms with Crippen molar-refractivity contribution in [3.05, 3.63) is 93.3 Å². The van der Waals surface area contributed by atoms with Gasteiger partial charge in [-0.05, 0) is 79.3 Å². The van der Waals surface area contributed by atoms with Crippen molar-refractivity contribution in [2.45, 2.75) is 6.92 Å². The minimum Gasteiger partial charge on any atom is -0.493 e. The van der Waals surface area contributed by atoms with Gasteiger partial charge in [-0.2, -0.15) is 5.01 Å². The molecule has 0 atom stereocenters. The second-order valence-electron chi connectivity index (χ2n) is 8.08. The summed E-state index contributed by atoms with van der Waals surface area (Å²) in [5, 5.41) is 4.29. The first-order chi connectivity index (χ1) is 18.2. The summed E-state index contributed by atoms with van der Waals surface area (Å²) in [5.74, 6) is -0.521. The molecule has 11 heteroatoms. The number of rotatable bonds is 8. The van der Waals surface area contributed by atoms with Gasteiger partial charge in [0.05, 0.1) is 12.0 Å². The first-order valence-electron chi connectivity index (χ1n) is 11.3. The summed E-state index contributed by atoms with van der Waals surface area (Å²) in [6, 6.07) is 18.7. The molecular weight excluding hydrogens is 546 g/mol. The topological polar surface area (TPSA) is 97.0 Å². The predicted octanol–water partition coefficient (Wildman–Crippen LogP) is 5.22. The van der Waals surface area contributed by atoms with Crippen LogP contribution in [0.1, 0.15) is 21.5 Å². The Morgan fingerprint density at radius 3 is 2.45 bits per heavy atom. The van der Waals surface area contributed by atoms with Crippen molar-refractivity contribution >= 4 is 69.4 Å². The lowest BCUT2D eigenvalue weighted by Crippen LogP contribution is -2.44. The highest BCUT2D eigenvalue weighted by molar-refractivity contribution is 8.26. The summed E-state index contributed by atoms with van der Waals surface area (Å²) in [5.41, 5.74) is 5.27. The van der Waals surface area contributed by atoms with Gasteiger partial charge in [0, 0.05) is 16.3 Å². The third-order valence-corrected chi connectivity index (χ3v) is 6.85. The molecule has 3 amide bonds. The Labute approximate surface area is 233 Å². The van der Waals surface area contributed by atoms with Crippen LogP contribution in [-0.4, -0.2) is 40.8 Å². The monoisotopic (exact) mass is 567 g/mol. The Morgan fingerprint density at radius 2 is 1.76 bits per heavy atom. The first kappa shape index (κ1) is 27.2. The maximum absolute atomic E-state index is 12.9. The number of amides is 3. The van der Waals surface area contributed by atoms with Crippen LogP contribution in [0.15, 0.2) is 71.6 Å². The minimum absolute atomic E-state index is 0.190. The van der Waals surface area contributed by atoms with E-state index in [4.69, 9.17) is 33.3 Å². The number of hydrogen-bond acceptors (Lipinski definition) is 7. The van der Waals surface area contributed by atoms with Gasteiger partial charge in [0.2, 0.25) is 0 Å². The second-order valence-corrected chi connectivity index (χ2v) is 10.2. The number of halogens is 1. The Kier molecular flexibility index (Phi) is 8.67. The van der Waals surface area contributed by atoms with Gasteiger partial charge in [-0.25, -0.2) is 0 Å². The molecule has 0 radical (unpaired) electrons. The van der Waals surface area contributed by atoms with Crippen LogP contribution in [0.3, 0.4) is 0 Å². The van der Waals surface area contributed by atoms with Crippen molar-refractivity contribution in [1.82, 2.24) is 10.4 Å². The highest BCUT2D eigenvalue weighted by Gasteiger charge is 2.33. The van der Waals surface area contributed by atoms with Crippen LogP contribution < -0.4 is 20.2 Å². The lowest BCUT2D eigenvalue weighted by atomic mass is 10.2. The van der Waals surface area contributed by atoms with E-state index < -0.39 is 11.8 Å². The molecule has 0 unspecified atom stereocenters. The number of carbonyl (C=O) groups is 3. The fourth-order valence-corrected chi connectivity index (χ4v) is 4.66. The van der Waals surface area contributed by atoms with Crippen LogP contribution in [0.4, 0.5) is 5.69 Å². The Morgan fingerprint density at radius 1 is 1.05 bits per heavy atom. The smallest absolute Gasteiger partial charge is 0.285 e. The summed E-state index contributed by atoms with van der Waals surface area (Å²) in [7, 11) is 1.48. The molecule has 4 rings (SSSR count). The van der Waals surface area contributed by atoms with Gasteiger partial charge in [0.25, 0.3) is 17.7 Å². The van der Waals surface area contributed by atoms with E-state index in [9.17, 15) is 14.4 Å². The fraction of sp³-hybridized carbons (Fsp3) is 0.111. The van der Waals surface area contributed by atoms with Crippen molar-refractivity contribution in [2.75, 3.05) is 19.0 Å². The summed E-state index contributed by atoms with van der Waals surface area (Å²) in [6.45, 7) is 1.75. The number of benzene rings is 3. The molecule has 0 aromatic heterocycles. The average Bonchev–Trinajstić information content (AvgIpc) is 3.16. The lowest BCUT2D eigenvalue weighted by Gasteiger charge is -2.15. The molecule has 2 N–H and O–H groups in total. The van der Waals surface area contributed by atoms with E-state index in [0.717, 1.165) is 22.3 Å². The number of hydrazine groups is 1. The maximum atomic E-state index is 12.9. The molecule has 3 aromatic rings. The summed E-state index contributed by atoms with van der Waals surface area (Å²) < 4.78 is 11.2. The van der Waals surface area contributed by atoms with E-state index in [2.05, 4.69) is 10.7 Å². The van der Waals surface area contributed by atoms with Crippen LogP contribution in [-0.2, 0) is 9.59 Å². The number of thiocarbonyl (C=S) groups is 1. The number of hydrogen-bond donors (Lipinski definition) is 2. The van der Waals surface area contributed by atoms with Gasteiger partial charge < -0.3 is 14.8 Å². The van der Waals surface area contributed by atoms with Crippen molar-refractivity contribution in [3.8, 4) is 11.5 Å². The van der Waals surface area contributed by atoms with Crippen molar-refractivity contribution < 1.29 is 23.9 Å².